The molecule has 0 radical (unpaired) electrons. The normalized spacial score (nSPS) is 12.6. The summed E-state index contributed by atoms with van der Waals surface area (Å²) in [6, 6.07) is 12.5. The van der Waals surface area contributed by atoms with E-state index in [4.69, 9.17) is 10.2 Å². The van der Waals surface area contributed by atoms with Gasteiger partial charge in [0.25, 0.3) is 0 Å². The van der Waals surface area contributed by atoms with Crippen molar-refractivity contribution in [2.45, 2.75) is 12.8 Å². The van der Waals surface area contributed by atoms with E-state index in [0.717, 1.165) is 12.8 Å². The quantitative estimate of drug-likeness (QED) is 0.832. The van der Waals surface area contributed by atoms with Crippen molar-refractivity contribution < 1.29 is 4.42 Å². The topological polar surface area (TPSA) is 39.2 Å². The molecule has 0 spiro atoms. The van der Waals surface area contributed by atoms with Crippen LogP contribution >= 0.6 is 0 Å². The molecule has 1 unspecified atom stereocenters. The largest absolute Gasteiger partial charge is 0.472 e. The molecule has 1 heterocycles. The monoisotopic (exact) mass is 215 g/mol. The number of hydrogen-bond donors (Lipinski definition) is 1. The third kappa shape index (κ3) is 2.97. The van der Waals surface area contributed by atoms with E-state index in [1.165, 1.54) is 11.1 Å². The minimum absolute atomic E-state index is 0.486. The zero-order chi connectivity index (χ0) is 11.2. The second-order valence-corrected chi connectivity index (χ2v) is 4.13. The van der Waals surface area contributed by atoms with E-state index in [-0.39, 0.29) is 0 Å². The lowest BCUT2D eigenvalue weighted by Crippen LogP contribution is -2.19. The molecule has 2 heteroatoms. The van der Waals surface area contributed by atoms with E-state index in [9.17, 15) is 0 Å². The van der Waals surface area contributed by atoms with Gasteiger partial charge in [0.1, 0.15) is 0 Å². The van der Waals surface area contributed by atoms with Crippen LogP contribution in [-0.4, -0.2) is 6.54 Å². The highest BCUT2D eigenvalue weighted by Gasteiger charge is 2.09. The molecule has 0 fully saturated rings. The van der Waals surface area contributed by atoms with Gasteiger partial charge in [-0.15, -0.1) is 0 Å². The highest BCUT2D eigenvalue weighted by Crippen LogP contribution is 2.14. The Morgan fingerprint density at radius 2 is 1.75 bits per heavy atom. The van der Waals surface area contributed by atoms with E-state index >= 15 is 0 Å². The zero-order valence-electron chi connectivity index (χ0n) is 9.30. The SMILES string of the molecule is NCC(Cc1ccccc1)Cc1ccoc1. The molecule has 16 heavy (non-hydrogen) atoms. The van der Waals surface area contributed by atoms with Crippen molar-refractivity contribution in [1.29, 1.82) is 0 Å². The maximum atomic E-state index is 5.81. The minimum atomic E-state index is 0.486. The number of benzene rings is 1. The predicted molar refractivity (Wildman–Crippen MR) is 65.1 cm³/mol. The van der Waals surface area contributed by atoms with Crippen molar-refractivity contribution >= 4 is 0 Å². The van der Waals surface area contributed by atoms with Gasteiger partial charge in [-0.25, -0.2) is 0 Å². The standard InChI is InChI=1S/C14H17NO/c15-10-14(9-13-6-7-16-11-13)8-12-4-2-1-3-5-12/h1-7,11,14H,8-10,15H2. The van der Waals surface area contributed by atoms with E-state index in [1.807, 2.05) is 12.1 Å². The molecule has 0 aliphatic carbocycles. The Morgan fingerprint density at radius 3 is 2.38 bits per heavy atom. The number of furan rings is 1. The van der Waals surface area contributed by atoms with Crippen molar-refractivity contribution in [3.63, 3.8) is 0 Å². The van der Waals surface area contributed by atoms with Crippen molar-refractivity contribution in [1.82, 2.24) is 0 Å². The van der Waals surface area contributed by atoms with Gasteiger partial charge in [0.2, 0.25) is 0 Å². The van der Waals surface area contributed by atoms with E-state index < -0.39 is 0 Å². The van der Waals surface area contributed by atoms with Crippen LogP contribution in [0.4, 0.5) is 0 Å². The Kier molecular flexibility index (Phi) is 3.78. The fourth-order valence-electron chi connectivity index (χ4n) is 1.93. The summed E-state index contributed by atoms with van der Waals surface area (Å²) in [5, 5.41) is 0. The average molecular weight is 215 g/mol. The summed E-state index contributed by atoms with van der Waals surface area (Å²) in [4.78, 5) is 0. The predicted octanol–water partition coefficient (Wildman–Crippen LogP) is 2.64. The molecule has 1 aromatic carbocycles. The first kappa shape index (κ1) is 11.0. The van der Waals surface area contributed by atoms with Gasteiger partial charge < -0.3 is 10.2 Å². The number of hydrogen-bond acceptors (Lipinski definition) is 2. The molecule has 0 saturated carbocycles. The lowest BCUT2D eigenvalue weighted by Gasteiger charge is -2.13. The van der Waals surface area contributed by atoms with Gasteiger partial charge in [0.05, 0.1) is 12.5 Å². The summed E-state index contributed by atoms with van der Waals surface area (Å²) in [6.07, 6.45) is 5.53. The molecule has 1 atom stereocenters. The smallest absolute Gasteiger partial charge is 0.0934 e. The van der Waals surface area contributed by atoms with Crippen molar-refractivity contribution in [3.05, 3.63) is 60.1 Å². The summed E-state index contributed by atoms with van der Waals surface area (Å²) in [5.41, 5.74) is 8.38. The molecule has 2 N–H and O–H groups in total. The van der Waals surface area contributed by atoms with E-state index in [2.05, 4.69) is 24.3 Å². The van der Waals surface area contributed by atoms with Crippen LogP contribution < -0.4 is 5.73 Å². The second-order valence-electron chi connectivity index (χ2n) is 4.13. The van der Waals surface area contributed by atoms with E-state index in [1.54, 1.807) is 12.5 Å². The molecule has 0 saturated heterocycles. The van der Waals surface area contributed by atoms with Gasteiger partial charge in [-0.2, -0.15) is 0 Å². The Labute approximate surface area is 96.1 Å². The molecule has 2 aromatic rings. The Morgan fingerprint density at radius 1 is 1.00 bits per heavy atom. The summed E-state index contributed by atoms with van der Waals surface area (Å²) >= 11 is 0. The highest BCUT2D eigenvalue weighted by molar-refractivity contribution is 5.16. The molecule has 0 aliphatic heterocycles. The summed E-state index contributed by atoms with van der Waals surface area (Å²) in [7, 11) is 0. The first-order valence-corrected chi connectivity index (χ1v) is 5.63. The summed E-state index contributed by atoms with van der Waals surface area (Å²) in [6.45, 7) is 0.708. The highest BCUT2D eigenvalue weighted by atomic mass is 16.3. The van der Waals surface area contributed by atoms with Gasteiger partial charge in [-0.05, 0) is 42.5 Å². The molecule has 0 aliphatic rings. The maximum absolute atomic E-state index is 5.81. The number of rotatable bonds is 5. The molecule has 0 amide bonds. The second kappa shape index (κ2) is 5.52. The lowest BCUT2D eigenvalue weighted by molar-refractivity contribution is 0.521. The summed E-state index contributed by atoms with van der Waals surface area (Å²) < 4.78 is 5.07. The van der Waals surface area contributed by atoms with Gasteiger partial charge in [-0.3, -0.25) is 0 Å². The molecule has 2 rings (SSSR count). The Balaban J connectivity index is 1.96. The van der Waals surface area contributed by atoms with Crippen LogP contribution in [0.1, 0.15) is 11.1 Å². The van der Waals surface area contributed by atoms with E-state index in [0.29, 0.717) is 12.5 Å². The number of nitrogens with two attached hydrogens (primary N) is 1. The fraction of sp³-hybridized carbons (Fsp3) is 0.286. The molecule has 1 aromatic heterocycles. The molecular weight excluding hydrogens is 198 g/mol. The Bertz CT molecular complexity index is 394. The van der Waals surface area contributed by atoms with Crippen molar-refractivity contribution in [2.24, 2.45) is 11.7 Å². The molecule has 0 bridgehead atoms. The van der Waals surface area contributed by atoms with Crippen molar-refractivity contribution in [2.75, 3.05) is 6.54 Å². The van der Waals surface area contributed by atoms with Crippen LogP contribution in [0.5, 0.6) is 0 Å². The molecular formula is C14H17NO. The Hall–Kier alpha value is -1.54. The van der Waals surface area contributed by atoms with Crippen molar-refractivity contribution in [3.8, 4) is 0 Å². The third-order valence-electron chi connectivity index (χ3n) is 2.81. The first-order valence-electron chi connectivity index (χ1n) is 5.63. The van der Waals surface area contributed by atoms with Crippen LogP contribution in [0, 0.1) is 5.92 Å². The molecule has 2 nitrogen and oxygen atoms in total. The van der Waals surface area contributed by atoms with Crippen LogP contribution in [-0.2, 0) is 12.8 Å². The zero-order valence-corrected chi connectivity index (χ0v) is 9.30. The first-order chi connectivity index (χ1) is 7.88. The fourth-order valence-corrected chi connectivity index (χ4v) is 1.93. The van der Waals surface area contributed by atoms with Crippen LogP contribution in [0.15, 0.2) is 53.3 Å². The lowest BCUT2D eigenvalue weighted by atomic mass is 9.94. The van der Waals surface area contributed by atoms with Gasteiger partial charge in [0, 0.05) is 0 Å². The van der Waals surface area contributed by atoms with Gasteiger partial charge in [-0.1, -0.05) is 30.3 Å². The van der Waals surface area contributed by atoms with Crippen LogP contribution in [0.3, 0.4) is 0 Å². The average Bonchev–Trinajstić information content (AvgIpc) is 2.82. The van der Waals surface area contributed by atoms with Gasteiger partial charge >= 0.3 is 0 Å². The maximum Gasteiger partial charge on any atom is 0.0934 e. The van der Waals surface area contributed by atoms with Crippen LogP contribution in [0.2, 0.25) is 0 Å². The molecule has 84 valence electrons. The third-order valence-corrected chi connectivity index (χ3v) is 2.81. The van der Waals surface area contributed by atoms with Gasteiger partial charge in [0.15, 0.2) is 0 Å². The minimum Gasteiger partial charge on any atom is -0.472 e. The van der Waals surface area contributed by atoms with Crippen LogP contribution in [0.25, 0.3) is 0 Å². The summed E-state index contributed by atoms with van der Waals surface area (Å²) in [5.74, 6) is 0.486.